The number of piperidine rings is 1. The fraction of sp³-hybridized carbons (Fsp3) is 0.750. The monoisotopic (exact) mass is 285 g/mol. The van der Waals surface area contributed by atoms with Gasteiger partial charge in [0.1, 0.15) is 5.01 Å². The topological polar surface area (TPSA) is 46.1 Å². The summed E-state index contributed by atoms with van der Waals surface area (Å²) in [6.07, 6.45) is 1.23. The van der Waals surface area contributed by atoms with E-state index in [4.69, 9.17) is 0 Å². The summed E-state index contributed by atoms with van der Waals surface area (Å²) in [7, 11) is 0. The van der Waals surface area contributed by atoms with E-state index in [-0.39, 0.29) is 5.91 Å². The molecule has 0 radical (unpaired) electrons. The fourth-order valence-electron chi connectivity index (χ4n) is 2.42. The Morgan fingerprint density at radius 3 is 2.61 bits per heavy atom. The Morgan fingerprint density at radius 2 is 2.06 bits per heavy atom. The predicted octanol–water partition coefficient (Wildman–Crippen LogP) is 2.44. The highest BCUT2D eigenvalue weighted by Crippen LogP contribution is 2.25. The van der Waals surface area contributed by atoms with E-state index in [2.05, 4.69) is 24.0 Å². The molecule has 1 amide bonds. The molecular weight excluding hydrogens is 266 g/mol. The van der Waals surface area contributed by atoms with Crippen molar-refractivity contribution in [3.05, 3.63) is 5.01 Å². The van der Waals surface area contributed by atoms with E-state index in [1.165, 1.54) is 18.2 Å². The molecule has 1 aromatic heterocycles. The average molecular weight is 285 g/mol. The summed E-state index contributed by atoms with van der Waals surface area (Å²) in [5.74, 6) is 1.94. The highest BCUT2D eigenvalue weighted by Gasteiger charge is 2.25. The summed E-state index contributed by atoms with van der Waals surface area (Å²) in [6.45, 7) is 8.17. The van der Waals surface area contributed by atoms with Gasteiger partial charge in [-0.25, -0.2) is 0 Å². The number of amides is 1. The molecule has 1 saturated heterocycles. The quantitative estimate of drug-likeness (QED) is 0.800. The number of aromatic nitrogens is 2. The van der Waals surface area contributed by atoms with Crippen LogP contribution in [0.15, 0.2) is 4.34 Å². The molecule has 1 aromatic rings. The van der Waals surface area contributed by atoms with E-state index < -0.39 is 0 Å². The number of carbonyl (C=O) groups excluding carboxylic acids is 1. The molecule has 2 heterocycles. The van der Waals surface area contributed by atoms with Crippen LogP contribution in [-0.2, 0) is 4.79 Å². The smallest absolute Gasteiger partial charge is 0.233 e. The first kappa shape index (κ1) is 13.8. The lowest BCUT2D eigenvalue weighted by atomic mass is 9.92. The van der Waals surface area contributed by atoms with Gasteiger partial charge in [-0.15, -0.1) is 10.2 Å². The third kappa shape index (κ3) is 3.68. The highest BCUT2D eigenvalue weighted by molar-refractivity contribution is 8.01. The van der Waals surface area contributed by atoms with Crippen LogP contribution in [0.4, 0.5) is 0 Å². The van der Waals surface area contributed by atoms with Crippen molar-refractivity contribution < 1.29 is 4.79 Å². The lowest BCUT2D eigenvalue weighted by Crippen LogP contribution is -2.43. The summed E-state index contributed by atoms with van der Waals surface area (Å²) in [4.78, 5) is 14.1. The molecule has 0 aromatic carbocycles. The molecule has 100 valence electrons. The molecule has 0 unspecified atom stereocenters. The number of hydrogen-bond acceptors (Lipinski definition) is 5. The van der Waals surface area contributed by atoms with Crippen LogP contribution in [-0.4, -0.2) is 39.8 Å². The van der Waals surface area contributed by atoms with Gasteiger partial charge in [-0.2, -0.15) is 0 Å². The maximum absolute atomic E-state index is 12.1. The molecule has 0 aliphatic carbocycles. The molecule has 4 nitrogen and oxygen atoms in total. The second-order valence-corrected chi connectivity index (χ2v) is 7.52. The molecule has 1 aliphatic heterocycles. The number of nitrogens with zero attached hydrogens (tertiary/aromatic N) is 3. The van der Waals surface area contributed by atoms with Crippen LogP contribution in [0, 0.1) is 18.8 Å². The number of aryl methyl sites for hydroxylation is 1. The summed E-state index contributed by atoms with van der Waals surface area (Å²) < 4.78 is 0.888. The summed E-state index contributed by atoms with van der Waals surface area (Å²) in [5.41, 5.74) is 0. The van der Waals surface area contributed by atoms with Crippen molar-refractivity contribution in [2.45, 2.75) is 31.5 Å². The number of rotatable bonds is 3. The molecule has 1 aliphatic rings. The Labute approximate surface area is 116 Å². The van der Waals surface area contributed by atoms with Crippen LogP contribution in [0.1, 0.15) is 25.3 Å². The van der Waals surface area contributed by atoms with Gasteiger partial charge in [0.15, 0.2) is 4.34 Å². The molecule has 2 atom stereocenters. The molecule has 0 saturated carbocycles. The van der Waals surface area contributed by atoms with Crippen molar-refractivity contribution >= 4 is 29.0 Å². The maximum atomic E-state index is 12.1. The molecule has 0 N–H and O–H groups in total. The zero-order chi connectivity index (χ0) is 13.1. The molecule has 18 heavy (non-hydrogen) atoms. The van der Waals surface area contributed by atoms with Gasteiger partial charge < -0.3 is 4.90 Å². The van der Waals surface area contributed by atoms with Gasteiger partial charge >= 0.3 is 0 Å². The van der Waals surface area contributed by atoms with Gasteiger partial charge in [-0.05, 0) is 25.2 Å². The van der Waals surface area contributed by atoms with Crippen LogP contribution >= 0.6 is 23.1 Å². The van der Waals surface area contributed by atoms with E-state index in [0.29, 0.717) is 17.6 Å². The molecule has 0 bridgehead atoms. The van der Waals surface area contributed by atoms with Gasteiger partial charge in [0, 0.05) is 13.1 Å². The minimum Gasteiger partial charge on any atom is -0.341 e. The Balaban J connectivity index is 1.84. The predicted molar refractivity (Wildman–Crippen MR) is 74.9 cm³/mol. The normalized spacial score (nSPS) is 24.3. The maximum Gasteiger partial charge on any atom is 0.233 e. The molecule has 2 rings (SSSR count). The van der Waals surface area contributed by atoms with Crippen LogP contribution < -0.4 is 0 Å². The van der Waals surface area contributed by atoms with E-state index in [1.54, 1.807) is 11.3 Å². The zero-order valence-electron chi connectivity index (χ0n) is 11.0. The summed E-state index contributed by atoms with van der Waals surface area (Å²) in [6, 6.07) is 0. The molecule has 1 fully saturated rings. The van der Waals surface area contributed by atoms with Gasteiger partial charge in [0.25, 0.3) is 0 Å². The first-order valence-electron chi connectivity index (χ1n) is 6.25. The second-order valence-electron chi connectivity index (χ2n) is 5.12. The van der Waals surface area contributed by atoms with Crippen LogP contribution in [0.3, 0.4) is 0 Å². The third-order valence-corrected chi connectivity index (χ3v) is 5.00. The third-order valence-electron chi connectivity index (χ3n) is 3.05. The van der Waals surface area contributed by atoms with E-state index in [1.807, 2.05) is 11.8 Å². The molecule has 0 spiro atoms. The molecule has 6 heteroatoms. The lowest BCUT2D eigenvalue weighted by molar-refractivity contribution is -0.130. The standard InChI is InChI=1S/C12H19N3OS2/c1-8-4-9(2)6-15(5-8)11(16)7-17-12-14-13-10(3)18-12/h8-9H,4-7H2,1-3H3/t8-,9+. The van der Waals surface area contributed by atoms with E-state index in [9.17, 15) is 4.79 Å². The Bertz CT molecular complexity index is 411. The van der Waals surface area contributed by atoms with Crippen molar-refractivity contribution in [2.75, 3.05) is 18.8 Å². The van der Waals surface area contributed by atoms with Gasteiger partial charge in [-0.1, -0.05) is 36.9 Å². The number of thioether (sulfide) groups is 1. The second kappa shape index (κ2) is 6.02. The first-order valence-corrected chi connectivity index (χ1v) is 8.05. The average Bonchev–Trinajstić information content (AvgIpc) is 2.70. The van der Waals surface area contributed by atoms with Crippen molar-refractivity contribution in [1.82, 2.24) is 15.1 Å². The number of carbonyl (C=O) groups is 1. The van der Waals surface area contributed by atoms with Crippen molar-refractivity contribution in [3.63, 3.8) is 0 Å². The van der Waals surface area contributed by atoms with Crippen LogP contribution in [0.5, 0.6) is 0 Å². The minimum atomic E-state index is 0.228. The summed E-state index contributed by atoms with van der Waals surface area (Å²) >= 11 is 3.05. The van der Waals surface area contributed by atoms with Crippen LogP contribution in [0.25, 0.3) is 0 Å². The first-order chi connectivity index (χ1) is 8.54. The SMILES string of the molecule is Cc1nnc(SCC(=O)N2C[C@H](C)C[C@H](C)C2)s1. The fourth-order valence-corrected chi connectivity index (χ4v) is 4.14. The van der Waals surface area contributed by atoms with Crippen molar-refractivity contribution in [1.29, 1.82) is 0 Å². The van der Waals surface area contributed by atoms with E-state index in [0.717, 1.165) is 22.4 Å². The van der Waals surface area contributed by atoms with Crippen molar-refractivity contribution in [2.24, 2.45) is 11.8 Å². The van der Waals surface area contributed by atoms with Gasteiger partial charge in [0.05, 0.1) is 5.75 Å². The molecular formula is C12H19N3OS2. The number of hydrogen-bond donors (Lipinski definition) is 0. The Morgan fingerprint density at radius 1 is 1.39 bits per heavy atom. The van der Waals surface area contributed by atoms with Crippen LogP contribution in [0.2, 0.25) is 0 Å². The number of likely N-dealkylation sites (tertiary alicyclic amines) is 1. The highest BCUT2D eigenvalue weighted by atomic mass is 32.2. The van der Waals surface area contributed by atoms with Crippen molar-refractivity contribution in [3.8, 4) is 0 Å². The van der Waals surface area contributed by atoms with Gasteiger partial charge in [0.2, 0.25) is 5.91 Å². The Kier molecular flexibility index (Phi) is 4.61. The largest absolute Gasteiger partial charge is 0.341 e. The van der Waals surface area contributed by atoms with E-state index >= 15 is 0 Å². The zero-order valence-corrected chi connectivity index (χ0v) is 12.7. The summed E-state index contributed by atoms with van der Waals surface area (Å²) in [5, 5.41) is 8.93. The minimum absolute atomic E-state index is 0.228. The van der Waals surface area contributed by atoms with Gasteiger partial charge in [-0.3, -0.25) is 4.79 Å². The Hall–Kier alpha value is -0.620. The lowest BCUT2D eigenvalue weighted by Gasteiger charge is -2.34.